The Hall–Kier alpha value is -1.75. The van der Waals surface area contributed by atoms with Gasteiger partial charge in [-0.2, -0.15) is 5.26 Å². The van der Waals surface area contributed by atoms with Crippen molar-refractivity contribution in [1.82, 2.24) is 20.5 Å². The Bertz CT molecular complexity index is 541. The maximum Gasteiger partial charge on any atom is 0.341 e. The topological polar surface area (TPSA) is 114 Å². The van der Waals surface area contributed by atoms with E-state index >= 15 is 0 Å². The maximum absolute atomic E-state index is 11.7. The lowest BCUT2D eigenvalue weighted by atomic mass is 9.98. The number of rotatable bonds is 5. The zero-order valence-corrected chi connectivity index (χ0v) is 10.6. The fourth-order valence-electron chi connectivity index (χ4n) is 1.66. The molecule has 0 spiro atoms. The molecule has 1 heterocycles. The van der Waals surface area contributed by atoms with Crippen LogP contribution in [0.1, 0.15) is 19.8 Å². The standard InChI is InChI=1S/C10H13N5O2S/c1-10(5-11,6-2-3-6)13-7(16)4-18-9-12-8(17)14-15-9/h6H,2-4H2,1H3,(H,13,16)(H2,12,14,15,17). The average molecular weight is 267 g/mol. The highest BCUT2D eigenvalue weighted by molar-refractivity contribution is 7.99. The van der Waals surface area contributed by atoms with E-state index in [0.717, 1.165) is 24.6 Å². The second-order valence-electron chi connectivity index (χ2n) is 4.41. The van der Waals surface area contributed by atoms with Crippen LogP contribution in [0.2, 0.25) is 0 Å². The van der Waals surface area contributed by atoms with Gasteiger partial charge in [0.2, 0.25) is 5.91 Å². The van der Waals surface area contributed by atoms with Crippen molar-refractivity contribution in [3.63, 3.8) is 0 Å². The number of nitrogens with one attached hydrogen (secondary N) is 3. The van der Waals surface area contributed by atoms with Gasteiger partial charge < -0.3 is 5.32 Å². The Kier molecular flexibility index (Phi) is 3.43. The third-order valence-corrected chi connectivity index (χ3v) is 3.72. The van der Waals surface area contributed by atoms with E-state index in [1.807, 2.05) is 0 Å². The van der Waals surface area contributed by atoms with Gasteiger partial charge in [0.05, 0.1) is 11.8 Å². The first-order chi connectivity index (χ1) is 8.53. The monoisotopic (exact) mass is 267 g/mol. The van der Waals surface area contributed by atoms with Crippen LogP contribution in [0.25, 0.3) is 0 Å². The quantitative estimate of drug-likeness (QED) is 0.649. The zero-order chi connectivity index (χ0) is 13.2. The molecule has 0 aliphatic heterocycles. The minimum absolute atomic E-state index is 0.116. The number of thioether (sulfide) groups is 1. The molecule has 1 aromatic heterocycles. The maximum atomic E-state index is 11.7. The van der Waals surface area contributed by atoms with Crippen molar-refractivity contribution < 1.29 is 4.79 Å². The Morgan fingerprint density at radius 3 is 2.94 bits per heavy atom. The number of nitriles is 1. The fraction of sp³-hybridized carbons (Fsp3) is 0.600. The third-order valence-electron chi connectivity index (χ3n) is 2.84. The summed E-state index contributed by atoms with van der Waals surface area (Å²) in [7, 11) is 0. The van der Waals surface area contributed by atoms with Gasteiger partial charge in [0, 0.05) is 0 Å². The van der Waals surface area contributed by atoms with Crippen LogP contribution in [0.4, 0.5) is 0 Å². The van der Waals surface area contributed by atoms with Crippen molar-refractivity contribution >= 4 is 17.7 Å². The first-order valence-electron chi connectivity index (χ1n) is 5.53. The number of amides is 1. The first kappa shape index (κ1) is 12.7. The van der Waals surface area contributed by atoms with Gasteiger partial charge in [0.15, 0.2) is 5.16 Å². The molecule has 8 heteroatoms. The molecule has 18 heavy (non-hydrogen) atoms. The van der Waals surface area contributed by atoms with Gasteiger partial charge >= 0.3 is 5.69 Å². The second-order valence-corrected chi connectivity index (χ2v) is 5.37. The predicted octanol–water partition coefficient (Wildman–Crippen LogP) is -0.00142. The van der Waals surface area contributed by atoms with Crippen molar-refractivity contribution in [3.05, 3.63) is 10.5 Å². The highest BCUT2D eigenvalue weighted by atomic mass is 32.2. The van der Waals surface area contributed by atoms with Gasteiger partial charge in [-0.25, -0.2) is 9.89 Å². The first-order valence-corrected chi connectivity index (χ1v) is 6.52. The highest BCUT2D eigenvalue weighted by Crippen LogP contribution is 2.39. The summed E-state index contributed by atoms with van der Waals surface area (Å²) in [5.74, 6) is 0.131. The summed E-state index contributed by atoms with van der Waals surface area (Å²) in [6.07, 6.45) is 1.95. The van der Waals surface area contributed by atoms with Crippen LogP contribution in [0.3, 0.4) is 0 Å². The van der Waals surface area contributed by atoms with Crippen molar-refractivity contribution in [2.75, 3.05) is 5.75 Å². The summed E-state index contributed by atoms with van der Waals surface area (Å²) in [6, 6.07) is 2.15. The minimum Gasteiger partial charge on any atom is -0.337 e. The molecule has 0 saturated heterocycles. The molecule has 0 bridgehead atoms. The number of carbonyl (C=O) groups excluding carboxylic acids is 1. The van der Waals surface area contributed by atoms with Gasteiger partial charge in [0.25, 0.3) is 0 Å². The van der Waals surface area contributed by atoms with E-state index in [2.05, 4.69) is 26.6 Å². The van der Waals surface area contributed by atoms with Crippen LogP contribution in [-0.4, -0.2) is 32.4 Å². The van der Waals surface area contributed by atoms with Crippen LogP contribution < -0.4 is 11.0 Å². The molecule has 7 nitrogen and oxygen atoms in total. The molecular weight excluding hydrogens is 254 g/mol. The molecule has 1 aliphatic rings. The lowest BCUT2D eigenvalue weighted by Crippen LogP contribution is -2.47. The molecule has 1 saturated carbocycles. The third kappa shape index (κ3) is 2.92. The summed E-state index contributed by atoms with van der Waals surface area (Å²) < 4.78 is 0. The van der Waals surface area contributed by atoms with Gasteiger partial charge in [0.1, 0.15) is 5.54 Å². The molecule has 0 aromatic carbocycles. The van der Waals surface area contributed by atoms with Crippen LogP contribution in [0.5, 0.6) is 0 Å². The largest absolute Gasteiger partial charge is 0.341 e. The van der Waals surface area contributed by atoms with E-state index < -0.39 is 11.2 Å². The number of aromatic amines is 2. The van der Waals surface area contributed by atoms with Gasteiger partial charge in [-0.3, -0.25) is 9.78 Å². The molecule has 1 aliphatic carbocycles. The van der Waals surface area contributed by atoms with Crippen molar-refractivity contribution in [3.8, 4) is 6.07 Å². The van der Waals surface area contributed by atoms with E-state index in [1.165, 1.54) is 0 Å². The van der Waals surface area contributed by atoms with Gasteiger partial charge in [-0.1, -0.05) is 11.8 Å². The van der Waals surface area contributed by atoms with E-state index in [4.69, 9.17) is 5.26 Å². The molecule has 1 fully saturated rings. The number of carbonyl (C=O) groups is 1. The van der Waals surface area contributed by atoms with Crippen LogP contribution >= 0.6 is 11.8 Å². The average Bonchev–Trinajstić information content (AvgIpc) is 3.11. The number of hydrogen-bond acceptors (Lipinski definition) is 5. The van der Waals surface area contributed by atoms with Crippen LogP contribution in [0.15, 0.2) is 9.95 Å². The Labute approximate surface area is 107 Å². The van der Waals surface area contributed by atoms with Gasteiger partial charge in [-0.15, -0.1) is 5.10 Å². The Morgan fingerprint density at radius 1 is 1.72 bits per heavy atom. The molecule has 1 unspecified atom stereocenters. The molecule has 3 N–H and O–H groups in total. The molecular formula is C10H13N5O2S. The van der Waals surface area contributed by atoms with E-state index in [0.29, 0.717) is 5.16 Å². The van der Waals surface area contributed by atoms with E-state index in [-0.39, 0.29) is 17.6 Å². The van der Waals surface area contributed by atoms with Crippen molar-refractivity contribution in [2.24, 2.45) is 5.92 Å². The summed E-state index contributed by atoms with van der Waals surface area (Å²) in [5.41, 5.74) is -1.19. The molecule has 0 radical (unpaired) electrons. The summed E-state index contributed by atoms with van der Waals surface area (Å²) in [5, 5.41) is 18.1. The SMILES string of the molecule is CC(C#N)(NC(=O)CSc1n[nH]c(=O)[nH]1)C1CC1. The van der Waals surface area contributed by atoms with Crippen molar-refractivity contribution in [1.29, 1.82) is 5.26 Å². The molecule has 2 rings (SSSR count). The van der Waals surface area contributed by atoms with E-state index in [1.54, 1.807) is 6.92 Å². The smallest absolute Gasteiger partial charge is 0.337 e. The Balaban J connectivity index is 1.85. The number of hydrogen-bond donors (Lipinski definition) is 3. The summed E-state index contributed by atoms with van der Waals surface area (Å²) in [6.45, 7) is 1.74. The summed E-state index contributed by atoms with van der Waals surface area (Å²) in [4.78, 5) is 24.9. The highest BCUT2D eigenvalue weighted by Gasteiger charge is 2.42. The van der Waals surface area contributed by atoms with Crippen LogP contribution in [-0.2, 0) is 4.79 Å². The number of nitrogens with zero attached hydrogens (tertiary/aromatic N) is 2. The summed E-state index contributed by atoms with van der Waals surface area (Å²) >= 11 is 1.11. The van der Waals surface area contributed by atoms with Crippen molar-refractivity contribution in [2.45, 2.75) is 30.5 Å². The lowest BCUT2D eigenvalue weighted by Gasteiger charge is -2.22. The molecule has 96 valence electrons. The number of aromatic nitrogens is 3. The lowest BCUT2D eigenvalue weighted by molar-refractivity contribution is -0.119. The predicted molar refractivity (Wildman–Crippen MR) is 64.8 cm³/mol. The Morgan fingerprint density at radius 2 is 2.44 bits per heavy atom. The number of H-pyrrole nitrogens is 2. The molecule has 1 aromatic rings. The minimum atomic E-state index is -0.781. The van der Waals surface area contributed by atoms with Gasteiger partial charge in [-0.05, 0) is 25.7 Å². The zero-order valence-electron chi connectivity index (χ0n) is 9.82. The second kappa shape index (κ2) is 4.86. The normalized spacial score (nSPS) is 17.8. The molecule has 1 atom stereocenters. The van der Waals surface area contributed by atoms with E-state index in [9.17, 15) is 9.59 Å². The van der Waals surface area contributed by atoms with Crippen LogP contribution in [0, 0.1) is 17.2 Å². The fourth-order valence-corrected chi connectivity index (χ4v) is 2.28. The molecule has 1 amide bonds.